The normalized spacial score (nSPS) is 11.4. The Kier molecular flexibility index (Phi) is 26.6. The Morgan fingerprint density at radius 1 is 0.783 bits per heavy atom. The largest absolute Gasteiger partial charge is 1.00 e. The standard InChI is InChI=1S/C18H36O3.Li.H2O/c1-2-3-4-11-14-17(19)15-12-9-7-5-6-8-10-13-16-18(20)21;;/h17,19H,2-16H2,1H3,(H,20,21);;1H2/q;+1;/p-1. The molecule has 0 saturated heterocycles. The molecule has 5 heteroatoms. The molecule has 0 amide bonds. The van der Waals surface area contributed by atoms with E-state index in [1.807, 2.05) is 0 Å². The Hall–Kier alpha value is -0.0126. The first-order valence-corrected chi connectivity index (χ1v) is 9.06. The van der Waals surface area contributed by atoms with Crippen LogP contribution in [0.15, 0.2) is 0 Å². The topological polar surface area (TPSA) is 87.5 Å². The van der Waals surface area contributed by atoms with E-state index >= 15 is 0 Å². The third-order valence-electron chi connectivity index (χ3n) is 4.07. The number of rotatable bonds is 16. The van der Waals surface area contributed by atoms with Crippen molar-refractivity contribution in [2.24, 2.45) is 0 Å². The fourth-order valence-electron chi connectivity index (χ4n) is 2.67. The number of hydrogen-bond acceptors (Lipinski definition) is 3. The number of unbranched alkanes of at least 4 members (excludes halogenated alkanes) is 10. The van der Waals surface area contributed by atoms with Gasteiger partial charge in [0, 0.05) is 6.42 Å². The van der Waals surface area contributed by atoms with Gasteiger partial charge >= 0.3 is 24.8 Å². The first-order valence-electron chi connectivity index (χ1n) is 9.06. The summed E-state index contributed by atoms with van der Waals surface area (Å²) in [5.41, 5.74) is 0. The molecule has 0 saturated carbocycles. The van der Waals surface area contributed by atoms with Gasteiger partial charge in [0.25, 0.3) is 0 Å². The van der Waals surface area contributed by atoms with Crippen LogP contribution in [-0.2, 0) is 4.79 Å². The summed E-state index contributed by atoms with van der Waals surface area (Å²) < 4.78 is 0. The van der Waals surface area contributed by atoms with Crippen molar-refractivity contribution in [1.82, 2.24) is 0 Å². The minimum atomic E-state index is -0.678. The summed E-state index contributed by atoms with van der Waals surface area (Å²) >= 11 is 0. The number of carbonyl (C=O) groups is 1. The number of aliphatic hydroxyl groups excluding tert-OH is 1. The van der Waals surface area contributed by atoms with Crippen LogP contribution in [0.1, 0.15) is 103 Å². The Balaban J connectivity index is -0.00000200. The molecule has 4 nitrogen and oxygen atoms in total. The molecule has 0 aromatic heterocycles. The summed E-state index contributed by atoms with van der Waals surface area (Å²) in [6.45, 7) is 2.21. The molecule has 0 aromatic rings. The number of carboxylic acid groups (broad SMARTS) is 1. The van der Waals surface area contributed by atoms with Crippen molar-refractivity contribution in [3.63, 3.8) is 0 Å². The van der Waals surface area contributed by atoms with Gasteiger partial charge < -0.3 is 15.7 Å². The molecule has 3 N–H and O–H groups in total. The molecule has 0 aliphatic heterocycles. The molecular weight excluding hydrogens is 287 g/mol. The summed E-state index contributed by atoms with van der Waals surface area (Å²) in [7, 11) is 0. The first-order chi connectivity index (χ1) is 10.2. The Morgan fingerprint density at radius 2 is 1.17 bits per heavy atom. The molecule has 0 heterocycles. The molecule has 1 unspecified atom stereocenters. The summed E-state index contributed by atoms with van der Waals surface area (Å²) in [5, 5.41) is 18.4. The number of carboxylic acids is 1. The van der Waals surface area contributed by atoms with Gasteiger partial charge in [-0.15, -0.1) is 0 Å². The Morgan fingerprint density at radius 3 is 1.61 bits per heavy atom. The van der Waals surface area contributed by atoms with Crippen LogP contribution in [0.3, 0.4) is 0 Å². The van der Waals surface area contributed by atoms with Crippen LogP contribution >= 0.6 is 0 Å². The van der Waals surface area contributed by atoms with E-state index in [1.54, 1.807) is 0 Å². The van der Waals surface area contributed by atoms with Crippen molar-refractivity contribution >= 4 is 5.97 Å². The summed E-state index contributed by atoms with van der Waals surface area (Å²) in [6.07, 6.45) is 16.3. The molecular formula is C18H37LiO4. The predicted octanol–water partition coefficient (Wildman–Crippen LogP) is 2.13. The van der Waals surface area contributed by atoms with Gasteiger partial charge in [-0.1, -0.05) is 77.6 Å². The third kappa shape index (κ3) is 24.4. The van der Waals surface area contributed by atoms with Crippen LogP contribution in [-0.4, -0.2) is 27.8 Å². The van der Waals surface area contributed by atoms with Gasteiger partial charge in [-0.2, -0.15) is 0 Å². The molecule has 0 rings (SSSR count). The van der Waals surface area contributed by atoms with Crippen molar-refractivity contribution in [3.8, 4) is 0 Å². The molecule has 1 atom stereocenters. The van der Waals surface area contributed by atoms with E-state index in [1.165, 1.54) is 51.4 Å². The van der Waals surface area contributed by atoms with Crippen LogP contribution in [0.2, 0.25) is 0 Å². The zero-order valence-electron chi connectivity index (χ0n) is 15.4. The fraction of sp³-hybridized carbons (Fsp3) is 0.944. The molecule has 0 bridgehead atoms. The maximum Gasteiger partial charge on any atom is 1.00 e. The predicted molar refractivity (Wildman–Crippen MR) is 90.5 cm³/mol. The quantitative estimate of drug-likeness (QED) is 0.336. The van der Waals surface area contributed by atoms with E-state index in [9.17, 15) is 9.90 Å². The summed E-state index contributed by atoms with van der Waals surface area (Å²) in [4.78, 5) is 10.3. The molecule has 0 aromatic carbocycles. The maximum absolute atomic E-state index is 10.3. The monoisotopic (exact) mass is 324 g/mol. The van der Waals surface area contributed by atoms with Crippen LogP contribution in [0.4, 0.5) is 0 Å². The molecule has 134 valence electrons. The van der Waals surface area contributed by atoms with Crippen molar-refractivity contribution in [2.75, 3.05) is 0 Å². The minimum absolute atomic E-state index is 0. The van der Waals surface area contributed by atoms with E-state index in [4.69, 9.17) is 5.11 Å². The van der Waals surface area contributed by atoms with Gasteiger partial charge in [-0.3, -0.25) is 4.79 Å². The van der Waals surface area contributed by atoms with Crippen LogP contribution in [0.5, 0.6) is 0 Å². The van der Waals surface area contributed by atoms with Gasteiger partial charge in [0.05, 0.1) is 6.10 Å². The smallest absolute Gasteiger partial charge is 0.870 e. The van der Waals surface area contributed by atoms with Gasteiger partial charge in [0.1, 0.15) is 0 Å². The Labute approximate surface area is 154 Å². The average molecular weight is 324 g/mol. The zero-order valence-corrected chi connectivity index (χ0v) is 15.4. The molecule has 23 heavy (non-hydrogen) atoms. The Bertz CT molecular complexity index is 237. The second-order valence-electron chi connectivity index (χ2n) is 6.26. The summed E-state index contributed by atoms with van der Waals surface area (Å²) in [6, 6.07) is 0. The molecule has 0 aliphatic rings. The van der Waals surface area contributed by atoms with E-state index in [0.717, 1.165) is 38.5 Å². The van der Waals surface area contributed by atoms with Crippen molar-refractivity contribution < 1.29 is 39.3 Å². The van der Waals surface area contributed by atoms with Gasteiger partial charge in [0.15, 0.2) is 0 Å². The molecule has 0 spiro atoms. The number of aliphatic carboxylic acids is 1. The average Bonchev–Trinajstić information content (AvgIpc) is 2.45. The molecule has 0 radical (unpaired) electrons. The van der Waals surface area contributed by atoms with E-state index in [0.29, 0.717) is 6.42 Å². The van der Waals surface area contributed by atoms with Crippen LogP contribution in [0.25, 0.3) is 0 Å². The van der Waals surface area contributed by atoms with Gasteiger partial charge in [0.2, 0.25) is 0 Å². The zero-order chi connectivity index (χ0) is 15.8. The second kappa shape index (κ2) is 22.0. The minimum Gasteiger partial charge on any atom is -0.870 e. The maximum atomic E-state index is 10.3. The second-order valence-corrected chi connectivity index (χ2v) is 6.26. The fourth-order valence-corrected chi connectivity index (χ4v) is 2.67. The van der Waals surface area contributed by atoms with E-state index < -0.39 is 5.97 Å². The first kappa shape index (κ1) is 27.8. The van der Waals surface area contributed by atoms with Gasteiger partial charge in [-0.25, -0.2) is 0 Å². The third-order valence-corrected chi connectivity index (χ3v) is 4.07. The molecule has 0 aliphatic carbocycles. The SMILES string of the molecule is CCCCCCC(O)CCCCCCCCCCC(=O)O.[Li+].[OH-]. The van der Waals surface area contributed by atoms with Crippen LogP contribution < -0.4 is 18.9 Å². The number of aliphatic hydroxyl groups is 1. The van der Waals surface area contributed by atoms with Crippen molar-refractivity contribution in [1.29, 1.82) is 0 Å². The van der Waals surface area contributed by atoms with E-state index in [-0.39, 0.29) is 30.4 Å². The number of hydrogen-bond donors (Lipinski definition) is 2. The van der Waals surface area contributed by atoms with E-state index in [2.05, 4.69) is 6.92 Å². The van der Waals surface area contributed by atoms with Crippen molar-refractivity contribution in [3.05, 3.63) is 0 Å². The van der Waals surface area contributed by atoms with Crippen LogP contribution in [0, 0.1) is 0 Å². The van der Waals surface area contributed by atoms with Crippen molar-refractivity contribution in [2.45, 2.75) is 109 Å². The molecule has 0 fully saturated rings. The van der Waals surface area contributed by atoms with Gasteiger partial charge in [-0.05, 0) is 19.3 Å². The summed E-state index contributed by atoms with van der Waals surface area (Å²) in [5.74, 6) is -0.678.